The van der Waals surface area contributed by atoms with Gasteiger partial charge in [0, 0.05) is 9.50 Å². The molecule has 150 valence electrons. The molecule has 4 rings (SSSR count). The average Bonchev–Trinajstić information content (AvgIpc) is 3.09. The molecule has 0 bridgehead atoms. The fourth-order valence-electron chi connectivity index (χ4n) is 2.67. The quantitative estimate of drug-likeness (QED) is 0.404. The van der Waals surface area contributed by atoms with Gasteiger partial charge in [-0.05, 0) is 77.5 Å². The second kappa shape index (κ2) is 9.51. The molecule has 7 heteroatoms. The predicted molar refractivity (Wildman–Crippen MR) is 127 cm³/mol. The molecule has 0 saturated carbocycles. The molecule has 0 atom stereocenters. The number of halogens is 2. The summed E-state index contributed by atoms with van der Waals surface area (Å²) in [4.78, 5) is 17.3. The van der Waals surface area contributed by atoms with Crippen molar-refractivity contribution in [1.82, 2.24) is 5.32 Å². The number of rotatable bonds is 5. The molecule has 3 aromatic rings. The molecular weight excluding hydrogens is 484 g/mol. The van der Waals surface area contributed by atoms with E-state index in [1.54, 1.807) is 0 Å². The van der Waals surface area contributed by atoms with Crippen molar-refractivity contribution in [3.05, 3.63) is 98.3 Å². The summed E-state index contributed by atoms with van der Waals surface area (Å²) in [5.74, 6) is 0.604. The SMILES string of the molecule is O=C1NC(=Nc2ccc(Br)cc2)SC1=Cc1ccc(OCc2ccc(Cl)cc2)cc1. The number of carbonyl (C=O) groups excluding carboxylic acids is 1. The van der Waals surface area contributed by atoms with Crippen molar-refractivity contribution in [2.45, 2.75) is 6.61 Å². The van der Waals surface area contributed by atoms with E-state index in [1.165, 1.54) is 11.8 Å². The Morgan fingerprint density at radius 2 is 1.70 bits per heavy atom. The summed E-state index contributed by atoms with van der Waals surface area (Å²) in [6.07, 6.45) is 1.84. The van der Waals surface area contributed by atoms with Crippen molar-refractivity contribution in [2.75, 3.05) is 0 Å². The first-order chi connectivity index (χ1) is 14.5. The predicted octanol–water partition coefficient (Wildman–Crippen LogP) is 6.57. The van der Waals surface area contributed by atoms with Gasteiger partial charge in [-0.3, -0.25) is 4.79 Å². The molecule has 0 aromatic heterocycles. The molecule has 1 aliphatic heterocycles. The van der Waals surface area contributed by atoms with E-state index in [4.69, 9.17) is 16.3 Å². The molecule has 1 amide bonds. The van der Waals surface area contributed by atoms with Gasteiger partial charge >= 0.3 is 0 Å². The maximum atomic E-state index is 12.3. The smallest absolute Gasteiger partial charge is 0.264 e. The number of thioether (sulfide) groups is 1. The number of aliphatic imine (C=N–C) groups is 1. The van der Waals surface area contributed by atoms with Gasteiger partial charge in [0.2, 0.25) is 0 Å². The molecule has 0 radical (unpaired) electrons. The minimum Gasteiger partial charge on any atom is -0.489 e. The number of nitrogens with zero attached hydrogens (tertiary/aromatic N) is 1. The van der Waals surface area contributed by atoms with Crippen LogP contribution in [0.4, 0.5) is 5.69 Å². The van der Waals surface area contributed by atoms with Crippen LogP contribution in [0.1, 0.15) is 11.1 Å². The molecule has 4 nitrogen and oxygen atoms in total. The zero-order chi connectivity index (χ0) is 20.9. The molecule has 1 fully saturated rings. The van der Waals surface area contributed by atoms with Crippen LogP contribution in [0.25, 0.3) is 6.08 Å². The lowest BCUT2D eigenvalue weighted by Crippen LogP contribution is -2.19. The third kappa shape index (κ3) is 5.53. The first-order valence-electron chi connectivity index (χ1n) is 9.08. The number of benzene rings is 3. The number of nitrogens with one attached hydrogen (secondary N) is 1. The number of amidine groups is 1. The number of hydrogen-bond acceptors (Lipinski definition) is 4. The summed E-state index contributed by atoms with van der Waals surface area (Å²) in [5.41, 5.74) is 2.74. The van der Waals surface area contributed by atoms with Crippen molar-refractivity contribution in [3.63, 3.8) is 0 Å². The lowest BCUT2D eigenvalue weighted by molar-refractivity contribution is -0.115. The topological polar surface area (TPSA) is 50.7 Å². The van der Waals surface area contributed by atoms with Gasteiger partial charge in [0.15, 0.2) is 5.17 Å². The summed E-state index contributed by atoms with van der Waals surface area (Å²) >= 11 is 10.6. The number of ether oxygens (including phenoxy) is 1. The van der Waals surface area contributed by atoms with Crippen molar-refractivity contribution in [3.8, 4) is 5.75 Å². The van der Waals surface area contributed by atoms with Gasteiger partial charge in [-0.1, -0.05) is 51.8 Å². The van der Waals surface area contributed by atoms with E-state index in [0.717, 1.165) is 27.0 Å². The van der Waals surface area contributed by atoms with Crippen LogP contribution in [0, 0.1) is 0 Å². The fourth-order valence-corrected chi connectivity index (χ4v) is 3.90. The molecule has 30 heavy (non-hydrogen) atoms. The van der Waals surface area contributed by atoms with Crippen molar-refractivity contribution in [2.24, 2.45) is 4.99 Å². The van der Waals surface area contributed by atoms with Crippen LogP contribution in [0.15, 0.2) is 87.2 Å². The van der Waals surface area contributed by atoms with E-state index < -0.39 is 0 Å². The van der Waals surface area contributed by atoms with E-state index in [2.05, 4.69) is 26.2 Å². The average molecular weight is 500 g/mol. The lowest BCUT2D eigenvalue weighted by atomic mass is 10.2. The zero-order valence-electron chi connectivity index (χ0n) is 15.6. The lowest BCUT2D eigenvalue weighted by Gasteiger charge is -2.06. The zero-order valence-corrected chi connectivity index (χ0v) is 18.8. The first-order valence-corrected chi connectivity index (χ1v) is 11.1. The van der Waals surface area contributed by atoms with Crippen LogP contribution in [-0.2, 0) is 11.4 Å². The Morgan fingerprint density at radius 1 is 1.00 bits per heavy atom. The third-order valence-corrected chi connectivity index (χ3v) is 5.90. The van der Waals surface area contributed by atoms with E-state index in [9.17, 15) is 4.79 Å². The van der Waals surface area contributed by atoms with Gasteiger partial charge in [0.1, 0.15) is 12.4 Å². The summed E-state index contributed by atoms with van der Waals surface area (Å²) in [6.45, 7) is 0.464. The Morgan fingerprint density at radius 3 is 2.40 bits per heavy atom. The molecule has 1 N–H and O–H groups in total. The Balaban J connectivity index is 1.39. The van der Waals surface area contributed by atoms with Crippen LogP contribution in [0.5, 0.6) is 5.75 Å². The summed E-state index contributed by atoms with van der Waals surface area (Å²) in [6, 6.07) is 22.7. The second-order valence-electron chi connectivity index (χ2n) is 6.44. The maximum Gasteiger partial charge on any atom is 0.264 e. The highest BCUT2D eigenvalue weighted by molar-refractivity contribution is 9.10. The van der Waals surface area contributed by atoms with Gasteiger partial charge in [-0.2, -0.15) is 0 Å². The summed E-state index contributed by atoms with van der Waals surface area (Å²) in [7, 11) is 0. The van der Waals surface area contributed by atoms with E-state index in [1.807, 2.05) is 78.9 Å². The largest absolute Gasteiger partial charge is 0.489 e. The Kier molecular flexibility index (Phi) is 6.57. The Bertz CT molecular complexity index is 1110. The standard InChI is InChI=1S/C23H16BrClN2O2S/c24-17-5-9-19(10-6-17)26-23-27-22(28)21(30-23)13-15-3-11-20(12-4-15)29-14-16-1-7-18(25)8-2-16/h1-13H,14H2,(H,26,27,28). The van der Waals surface area contributed by atoms with Gasteiger partial charge in [-0.15, -0.1) is 0 Å². The van der Waals surface area contributed by atoms with Gasteiger partial charge in [0.05, 0.1) is 10.6 Å². The molecule has 3 aromatic carbocycles. The minimum atomic E-state index is -0.154. The van der Waals surface area contributed by atoms with Gasteiger partial charge in [-0.25, -0.2) is 4.99 Å². The molecule has 0 aliphatic carbocycles. The highest BCUT2D eigenvalue weighted by atomic mass is 79.9. The number of amides is 1. The van der Waals surface area contributed by atoms with Gasteiger partial charge in [0.25, 0.3) is 5.91 Å². The van der Waals surface area contributed by atoms with Crippen molar-refractivity contribution in [1.29, 1.82) is 0 Å². The van der Waals surface area contributed by atoms with E-state index in [0.29, 0.717) is 21.7 Å². The molecule has 1 saturated heterocycles. The fraction of sp³-hybridized carbons (Fsp3) is 0.0435. The second-order valence-corrected chi connectivity index (χ2v) is 8.83. The number of hydrogen-bond donors (Lipinski definition) is 1. The molecule has 0 spiro atoms. The van der Waals surface area contributed by atoms with Crippen LogP contribution in [0.3, 0.4) is 0 Å². The summed E-state index contributed by atoms with van der Waals surface area (Å²) in [5, 5.41) is 4.07. The van der Waals surface area contributed by atoms with Crippen molar-refractivity contribution >= 4 is 62.1 Å². The van der Waals surface area contributed by atoms with Crippen LogP contribution in [-0.4, -0.2) is 11.1 Å². The molecule has 1 heterocycles. The van der Waals surface area contributed by atoms with E-state index >= 15 is 0 Å². The Labute approximate surface area is 192 Å². The van der Waals surface area contributed by atoms with Gasteiger partial charge < -0.3 is 10.1 Å². The maximum absolute atomic E-state index is 12.3. The number of carbonyl (C=O) groups is 1. The molecule has 1 aliphatic rings. The van der Waals surface area contributed by atoms with Crippen LogP contribution < -0.4 is 10.1 Å². The molecular formula is C23H16BrClN2O2S. The van der Waals surface area contributed by atoms with Crippen LogP contribution in [0.2, 0.25) is 5.02 Å². The monoisotopic (exact) mass is 498 g/mol. The van der Waals surface area contributed by atoms with Crippen molar-refractivity contribution < 1.29 is 9.53 Å². The normalized spacial score (nSPS) is 16.1. The third-order valence-electron chi connectivity index (χ3n) is 4.20. The van der Waals surface area contributed by atoms with E-state index in [-0.39, 0.29) is 5.91 Å². The molecule has 0 unspecified atom stereocenters. The van der Waals surface area contributed by atoms with Crippen LogP contribution >= 0.6 is 39.3 Å². The summed E-state index contributed by atoms with van der Waals surface area (Å²) < 4.78 is 6.78. The first kappa shape index (κ1) is 20.7. The Hall–Kier alpha value is -2.54. The highest BCUT2D eigenvalue weighted by Gasteiger charge is 2.23. The minimum absolute atomic E-state index is 0.154. The highest BCUT2D eigenvalue weighted by Crippen LogP contribution is 2.29.